The molecule has 0 spiro atoms. The van der Waals surface area contributed by atoms with Gasteiger partial charge >= 0.3 is 0 Å². The predicted molar refractivity (Wildman–Crippen MR) is 81.1 cm³/mol. The maximum absolute atomic E-state index is 12.0. The second-order valence-electron chi connectivity index (χ2n) is 6.11. The second kappa shape index (κ2) is 9.34. The van der Waals surface area contributed by atoms with Gasteiger partial charge in [-0.2, -0.15) is 8.42 Å². The zero-order valence-electron chi connectivity index (χ0n) is 13.1. The van der Waals surface area contributed by atoms with Crippen LogP contribution in [0.4, 0.5) is 0 Å². The molecule has 120 valence electrons. The summed E-state index contributed by atoms with van der Waals surface area (Å²) in [5.74, 6) is 0.254. The van der Waals surface area contributed by atoms with Crippen molar-refractivity contribution in [3.05, 3.63) is 0 Å². The highest BCUT2D eigenvalue weighted by Gasteiger charge is 2.21. The second-order valence-corrected chi connectivity index (χ2v) is 7.68. The Bertz CT molecular complexity index is 377. The topological polar surface area (TPSA) is 83.5 Å². The van der Waals surface area contributed by atoms with Crippen LogP contribution in [0.3, 0.4) is 0 Å². The van der Waals surface area contributed by atoms with Gasteiger partial charge in [0.1, 0.15) is 0 Å². The van der Waals surface area contributed by atoms with Crippen molar-refractivity contribution in [1.29, 1.82) is 0 Å². The molecule has 0 aromatic rings. The molecule has 20 heavy (non-hydrogen) atoms. The summed E-state index contributed by atoms with van der Waals surface area (Å²) in [6.45, 7) is 8.32. The minimum atomic E-state index is -4.01. The van der Waals surface area contributed by atoms with Gasteiger partial charge in [0.2, 0.25) is 5.91 Å². The highest BCUT2D eigenvalue weighted by molar-refractivity contribution is 7.85. The van der Waals surface area contributed by atoms with E-state index in [1.165, 1.54) is 0 Å². The largest absolute Gasteiger partial charge is 0.355 e. The number of nitrogens with one attached hydrogen (secondary N) is 1. The molecule has 0 aromatic carbocycles. The minimum Gasteiger partial charge on any atom is -0.355 e. The molecule has 6 heteroatoms. The summed E-state index contributed by atoms with van der Waals surface area (Å²) < 4.78 is 29.8. The van der Waals surface area contributed by atoms with Crippen LogP contribution in [0, 0.1) is 17.8 Å². The van der Waals surface area contributed by atoms with Gasteiger partial charge in [-0.05, 0) is 18.3 Å². The first-order valence-electron chi connectivity index (χ1n) is 7.36. The monoisotopic (exact) mass is 307 g/mol. The Kier molecular flexibility index (Phi) is 9.05. The van der Waals surface area contributed by atoms with E-state index in [2.05, 4.69) is 19.2 Å². The summed E-state index contributed by atoms with van der Waals surface area (Å²) in [7, 11) is -4.01. The molecule has 0 saturated heterocycles. The first kappa shape index (κ1) is 19.4. The van der Waals surface area contributed by atoms with E-state index >= 15 is 0 Å². The molecule has 0 aliphatic rings. The molecule has 0 rings (SSSR count). The van der Waals surface area contributed by atoms with Crippen LogP contribution in [0.15, 0.2) is 0 Å². The Labute approximate surface area is 123 Å². The highest BCUT2D eigenvalue weighted by Crippen LogP contribution is 2.20. The van der Waals surface area contributed by atoms with Gasteiger partial charge in [-0.25, -0.2) is 0 Å². The lowest BCUT2D eigenvalue weighted by atomic mass is 9.89. The van der Waals surface area contributed by atoms with Crippen molar-refractivity contribution in [1.82, 2.24) is 5.32 Å². The molecule has 1 atom stereocenters. The van der Waals surface area contributed by atoms with E-state index in [9.17, 15) is 13.2 Å². The van der Waals surface area contributed by atoms with E-state index in [-0.39, 0.29) is 24.3 Å². The van der Waals surface area contributed by atoms with Gasteiger partial charge in [-0.3, -0.25) is 9.35 Å². The number of amides is 1. The van der Waals surface area contributed by atoms with Crippen LogP contribution < -0.4 is 5.32 Å². The van der Waals surface area contributed by atoms with E-state index in [0.29, 0.717) is 5.92 Å². The zero-order valence-corrected chi connectivity index (χ0v) is 13.9. The van der Waals surface area contributed by atoms with Crippen LogP contribution in [-0.4, -0.2) is 31.2 Å². The van der Waals surface area contributed by atoms with E-state index in [1.54, 1.807) is 0 Å². The van der Waals surface area contributed by atoms with Crippen LogP contribution >= 0.6 is 0 Å². The molecule has 0 heterocycles. The average molecular weight is 307 g/mol. The average Bonchev–Trinajstić information content (AvgIpc) is 2.25. The van der Waals surface area contributed by atoms with Crippen molar-refractivity contribution in [2.75, 3.05) is 12.3 Å². The lowest BCUT2D eigenvalue weighted by Gasteiger charge is -2.20. The Morgan fingerprint density at radius 3 is 2.10 bits per heavy atom. The van der Waals surface area contributed by atoms with Gasteiger partial charge in [0.25, 0.3) is 10.1 Å². The Morgan fingerprint density at radius 1 is 1.10 bits per heavy atom. The fourth-order valence-corrected chi connectivity index (χ4v) is 2.48. The summed E-state index contributed by atoms with van der Waals surface area (Å²) in [5.41, 5.74) is 0. The molecule has 0 fully saturated rings. The first-order chi connectivity index (χ1) is 9.13. The van der Waals surface area contributed by atoms with Crippen LogP contribution in [0.2, 0.25) is 0 Å². The maximum atomic E-state index is 12.0. The lowest BCUT2D eigenvalue weighted by Crippen LogP contribution is -2.36. The quantitative estimate of drug-likeness (QED) is 0.480. The van der Waals surface area contributed by atoms with Crippen molar-refractivity contribution >= 4 is 16.0 Å². The SMILES string of the molecule is CC(C)CCCCC(C(=O)NCCS(=O)(=O)O)C(C)C. The molecule has 5 nitrogen and oxygen atoms in total. The first-order valence-corrected chi connectivity index (χ1v) is 8.97. The van der Waals surface area contributed by atoms with Crippen molar-refractivity contribution in [3.63, 3.8) is 0 Å². The van der Waals surface area contributed by atoms with Crippen molar-refractivity contribution in [3.8, 4) is 0 Å². The molecular formula is C14H29NO4S. The number of hydrogen-bond acceptors (Lipinski definition) is 3. The summed E-state index contributed by atoms with van der Waals surface area (Å²) in [4.78, 5) is 12.0. The Balaban J connectivity index is 4.13. The van der Waals surface area contributed by atoms with Gasteiger partial charge in [-0.15, -0.1) is 0 Å². The van der Waals surface area contributed by atoms with E-state index in [0.717, 1.165) is 25.7 Å². The minimum absolute atomic E-state index is 0.0348. The van der Waals surface area contributed by atoms with Gasteiger partial charge in [0, 0.05) is 12.5 Å². The molecule has 1 unspecified atom stereocenters. The lowest BCUT2D eigenvalue weighted by molar-refractivity contribution is -0.126. The molecule has 0 saturated carbocycles. The molecule has 0 aromatic heterocycles. The van der Waals surface area contributed by atoms with Gasteiger partial charge in [0.05, 0.1) is 5.75 Å². The number of unbranched alkanes of at least 4 members (excludes halogenated alkanes) is 1. The van der Waals surface area contributed by atoms with Crippen molar-refractivity contribution in [2.45, 2.75) is 53.4 Å². The molecule has 0 radical (unpaired) electrons. The number of hydrogen-bond donors (Lipinski definition) is 2. The van der Waals surface area contributed by atoms with Gasteiger partial charge in [0.15, 0.2) is 0 Å². The fourth-order valence-electron chi connectivity index (χ4n) is 2.12. The van der Waals surface area contributed by atoms with E-state index in [4.69, 9.17) is 4.55 Å². The van der Waals surface area contributed by atoms with E-state index < -0.39 is 15.9 Å². The fraction of sp³-hybridized carbons (Fsp3) is 0.929. The molecule has 2 N–H and O–H groups in total. The molecular weight excluding hydrogens is 278 g/mol. The third-order valence-electron chi connectivity index (χ3n) is 3.35. The zero-order chi connectivity index (χ0) is 15.8. The summed E-state index contributed by atoms with van der Waals surface area (Å²) >= 11 is 0. The summed E-state index contributed by atoms with van der Waals surface area (Å²) in [6, 6.07) is 0. The molecule has 0 aliphatic carbocycles. The van der Waals surface area contributed by atoms with Crippen LogP contribution in [-0.2, 0) is 14.9 Å². The molecule has 1 amide bonds. The molecule has 0 aliphatic heterocycles. The number of rotatable bonds is 10. The summed E-state index contributed by atoms with van der Waals surface area (Å²) in [5, 5.41) is 2.59. The van der Waals surface area contributed by atoms with E-state index in [1.807, 2.05) is 13.8 Å². The third kappa shape index (κ3) is 10.2. The van der Waals surface area contributed by atoms with Gasteiger partial charge < -0.3 is 5.32 Å². The number of carbonyl (C=O) groups excluding carboxylic acids is 1. The standard InChI is InChI=1S/C14H29NO4S/c1-11(2)7-5-6-8-13(12(3)4)14(16)15-9-10-20(17,18)19/h11-13H,5-10H2,1-4H3,(H,15,16)(H,17,18,19). The normalized spacial score (nSPS) is 13.8. The highest BCUT2D eigenvalue weighted by atomic mass is 32.2. The summed E-state index contributed by atoms with van der Waals surface area (Å²) in [6.07, 6.45) is 4.10. The third-order valence-corrected chi connectivity index (χ3v) is 4.07. The van der Waals surface area contributed by atoms with Crippen LogP contribution in [0.5, 0.6) is 0 Å². The Hall–Kier alpha value is -0.620. The van der Waals surface area contributed by atoms with Crippen molar-refractivity contribution < 1.29 is 17.8 Å². The Morgan fingerprint density at radius 2 is 1.65 bits per heavy atom. The van der Waals surface area contributed by atoms with Crippen LogP contribution in [0.25, 0.3) is 0 Å². The predicted octanol–water partition coefficient (Wildman–Crippen LogP) is 2.48. The van der Waals surface area contributed by atoms with Crippen LogP contribution in [0.1, 0.15) is 53.4 Å². The smallest absolute Gasteiger partial charge is 0.266 e. The number of carbonyl (C=O) groups is 1. The van der Waals surface area contributed by atoms with Gasteiger partial charge in [-0.1, -0.05) is 47.0 Å². The van der Waals surface area contributed by atoms with Crippen molar-refractivity contribution in [2.24, 2.45) is 17.8 Å². The molecule has 0 bridgehead atoms. The maximum Gasteiger partial charge on any atom is 0.266 e.